The van der Waals surface area contributed by atoms with Crippen LogP contribution in [0.25, 0.3) is 0 Å². The minimum Gasteiger partial charge on any atom is -0.493 e. The van der Waals surface area contributed by atoms with E-state index in [1.165, 1.54) is 27.2 Å². The highest BCUT2D eigenvalue weighted by molar-refractivity contribution is 5.97. The summed E-state index contributed by atoms with van der Waals surface area (Å²) in [6.07, 6.45) is 2.17. The zero-order valence-electron chi connectivity index (χ0n) is 12.3. The van der Waals surface area contributed by atoms with Crippen molar-refractivity contribution in [2.45, 2.75) is 19.4 Å². The fourth-order valence-corrected chi connectivity index (χ4v) is 1.82. The molecule has 0 radical (unpaired) electrons. The van der Waals surface area contributed by atoms with Gasteiger partial charge in [-0.25, -0.2) is 0 Å². The molecule has 0 bridgehead atoms. The Hall–Kier alpha value is -2.50. The minimum atomic E-state index is -1.10. The summed E-state index contributed by atoms with van der Waals surface area (Å²) in [5.74, 6) is -0.656. The molecule has 0 unspecified atom stereocenters. The van der Waals surface area contributed by atoms with E-state index in [-0.39, 0.29) is 0 Å². The van der Waals surface area contributed by atoms with E-state index in [0.29, 0.717) is 23.5 Å². The number of rotatable bonds is 7. The molecule has 0 fully saturated rings. The molecular formula is C15H19NO5. The molecule has 114 valence electrons. The largest absolute Gasteiger partial charge is 0.493 e. The van der Waals surface area contributed by atoms with Gasteiger partial charge >= 0.3 is 5.97 Å². The first kappa shape index (κ1) is 16.6. The maximum Gasteiger partial charge on any atom is 0.325 e. The van der Waals surface area contributed by atoms with E-state index in [4.69, 9.17) is 14.6 Å². The molecule has 0 heterocycles. The van der Waals surface area contributed by atoms with E-state index >= 15 is 0 Å². The van der Waals surface area contributed by atoms with Crippen molar-refractivity contribution in [3.8, 4) is 11.5 Å². The minimum absolute atomic E-state index is 0.303. The lowest BCUT2D eigenvalue weighted by atomic mass is 10.0. The van der Waals surface area contributed by atoms with Crippen LogP contribution < -0.4 is 14.8 Å². The van der Waals surface area contributed by atoms with Crippen LogP contribution in [-0.2, 0) is 11.2 Å². The van der Waals surface area contributed by atoms with Crippen LogP contribution in [0.2, 0.25) is 0 Å². The molecule has 1 amide bonds. The van der Waals surface area contributed by atoms with E-state index in [9.17, 15) is 9.59 Å². The number of aliphatic carboxylic acids is 1. The molecule has 1 atom stereocenters. The second-order valence-electron chi connectivity index (χ2n) is 4.40. The molecule has 6 heteroatoms. The fourth-order valence-electron chi connectivity index (χ4n) is 1.82. The third-order valence-corrected chi connectivity index (χ3v) is 2.90. The Labute approximate surface area is 123 Å². The number of hydrogen-bond acceptors (Lipinski definition) is 4. The first-order chi connectivity index (χ1) is 9.94. The van der Waals surface area contributed by atoms with Crippen molar-refractivity contribution in [2.75, 3.05) is 14.2 Å². The van der Waals surface area contributed by atoms with E-state index in [1.807, 2.05) is 0 Å². The molecule has 0 saturated carbocycles. The topological polar surface area (TPSA) is 84.9 Å². The summed E-state index contributed by atoms with van der Waals surface area (Å²) in [4.78, 5) is 22.9. The van der Waals surface area contributed by atoms with Crippen molar-refractivity contribution in [1.29, 1.82) is 0 Å². The molecule has 0 aliphatic carbocycles. The molecule has 0 aliphatic rings. The molecule has 0 spiro atoms. The number of benzene rings is 1. The fraction of sp³-hybridized carbons (Fsp3) is 0.333. The molecule has 1 aromatic rings. The van der Waals surface area contributed by atoms with Gasteiger partial charge in [-0.1, -0.05) is 6.08 Å². The number of nitrogens with one attached hydrogen (secondary N) is 1. The van der Waals surface area contributed by atoms with E-state index < -0.39 is 17.9 Å². The highest BCUT2D eigenvalue weighted by Crippen LogP contribution is 2.33. The Bertz CT molecular complexity index is 553. The average molecular weight is 293 g/mol. The Morgan fingerprint density at radius 3 is 2.52 bits per heavy atom. The third kappa shape index (κ3) is 3.98. The van der Waals surface area contributed by atoms with Gasteiger partial charge in [0.25, 0.3) is 5.91 Å². The number of carbonyl (C=O) groups is 2. The predicted molar refractivity (Wildman–Crippen MR) is 78.0 cm³/mol. The van der Waals surface area contributed by atoms with Gasteiger partial charge in [-0.15, -0.1) is 6.58 Å². The number of carboxylic acid groups (broad SMARTS) is 1. The Balaban J connectivity index is 3.18. The number of carbonyl (C=O) groups excluding carboxylic acids is 1. The summed E-state index contributed by atoms with van der Waals surface area (Å²) in [7, 11) is 2.98. The Kier molecular flexibility index (Phi) is 5.78. The molecule has 0 aromatic heterocycles. The molecule has 21 heavy (non-hydrogen) atoms. The Morgan fingerprint density at radius 1 is 1.38 bits per heavy atom. The van der Waals surface area contributed by atoms with Gasteiger partial charge in [0.1, 0.15) is 6.04 Å². The van der Waals surface area contributed by atoms with Crippen LogP contribution in [0.15, 0.2) is 24.8 Å². The molecule has 6 nitrogen and oxygen atoms in total. The first-order valence-electron chi connectivity index (χ1n) is 6.34. The van der Waals surface area contributed by atoms with E-state index in [0.717, 1.165) is 5.56 Å². The molecule has 2 N–H and O–H groups in total. The van der Waals surface area contributed by atoms with Gasteiger partial charge in [-0.05, 0) is 25.5 Å². The van der Waals surface area contributed by atoms with Crippen molar-refractivity contribution in [3.63, 3.8) is 0 Å². The van der Waals surface area contributed by atoms with Gasteiger partial charge in [0.05, 0.1) is 14.2 Å². The van der Waals surface area contributed by atoms with Crippen molar-refractivity contribution in [1.82, 2.24) is 5.32 Å². The first-order valence-corrected chi connectivity index (χ1v) is 6.34. The summed E-state index contributed by atoms with van der Waals surface area (Å²) in [6.45, 7) is 5.05. The number of amides is 1. The summed E-state index contributed by atoms with van der Waals surface area (Å²) >= 11 is 0. The van der Waals surface area contributed by atoms with E-state index in [1.54, 1.807) is 12.1 Å². The average Bonchev–Trinajstić information content (AvgIpc) is 2.46. The van der Waals surface area contributed by atoms with Crippen LogP contribution in [0.3, 0.4) is 0 Å². The maximum absolute atomic E-state index is 12.1. The van der Waals surface area contributed by atoms with Crippen molar-refractivity contribution in [2.24, 2.45) is 0 Å². The van der Waals surface area contributed by atoms with Gasteiger partial charge in [0.2, 0.25) is 0 Å². The van der Waals surface area contributed by atoms with Crippen LogP contribution in [-0.4, -0.2) is 37.2 Å². The zero-order valence-corrected chi connectivity index (χ0v) is 12.3. The van der Waals surface area contributed by atoms with Gasteiger partial charge in [-0.3, -0.25) is 9.59 Å². The van der Waals surface area contributed by atoms with Crippen LogP contribution in [0.5, 0.6) is 11.5 Å². The smallest absolute Gasteiger partial charge is 0.325 e. The van der Waals surface area contributed by atoms with Crippen molar-refractivity contribution < 1.29 is 24.2 Å². The summed E-state index contributed by atoms with van der Waals surface area (Å²) in [5.41, 5.74) is 1.04. The molecular weight excluding hydrogens is 274 g/mol. The molecule has 1 aromatic carbocycles. The number of ether oxygens (including phenoxy) is 2. The monoisotopic (exact) mass is 293 g/mol. The molecule has 1 rings (SSSR count). The summed E-state index contributed by atoms with van der Waals surface area (Å²) in [5, 5.41) is 11.2. The second-order valence-corrected chi connectivity index (χ2v) is 4.40. The van der Waals surface area contributed by atoms with Crippen LogP contribution in [0, 0.1) is 0 Å². The van der Waals surface area contributed by atoms with Crippen LogP contribution >= 0.6 is 0 Å². The van der Waals surface area contributed by atoms with Crippen molar-refractivity contribution >= 4 is 11.9 Å². The zero-order chi connectivity index (χ0) is 16.0. The van der Waals surface area contributed by atoms with Gasteiger partial charge in [0.15, 0.2) is 11.5 Å². The maximum atomic E-state index is 12.1. The lowest BCUT2D eigenvalue weighted by Gasteiger charge is -2.15. The van der Waals surface area contributed by atoms with Crippen molar-refractivity contribution in [3.05, 3.63) is 35.9 Å². The SMILES string of the molecule is C=CCc1cc(C(=O)N[C@@H](C)C(=O)O)cc(OC)c1OC. The van der Waals surface area contributed by atoms with Gasteiger partial charge in [0, 0.05) is 11.1 Å². The second kappa shape index (κ2) is 7.33. The number of allylic oxidation sites excluding steroid dienone is 1. The molecule has 0 saturated heterocycles. The van der Waals surface area contributed by atoms with E-state index in [2.05, 4.69) is 11.9 Å². The molecule has 0 aliphatic heterocycles. The number of carboxylic acids is 1. The highest BCUT2D eigenvalue weighted by atomic mass is 16.5. The number of hydrogen-bond donors (Lipinski definition) is 2. The normalized spacial score (nSPS) is 11.4. The summed E-state index contributed by atoms with van der Waals surface area (Å²) in [6, 6.07) is 2.16. The van der Waals surface area contributed by atoms with Gasteiger partial charge < -0.3 is 19.9 Å². The van der Waals surface area contributed by atoms with Gasteiger partial charge in [-0.2, -0.15) is 0 Å². The quantitative estimate of drug-likeness (QED) is 0.746. The predicted octanol–water partition coefficient (Wildman–Crippen LogP) is 1.64. The lowest BCUT2D eigenvalue weighted by molar-refractivity contribution is -0.138. The number of methoxy groups -OCH3 is 2. The summed E-state index contributed by atoms with van der Waals surface area (Å²) < 4.78 is 10.5. The standard InChI is InChI=1S/C15H19NO5/c1-5-6-10-7-11(8-12(20-3)13(10)21-4)14(17)16-9(2)15(18)19/h5,7-9H,1,6H2,2-4H3,(H,16,17)(H,18,19)/t9-/m0/s1. The Morgan fingerprint density at radius 2 is 2.05 bits per heavy atom. The highest BCUT2D eigenvalue weighted by Gasteiger charge is 2.19. The van der Waals surface area contributed by atoms with Crippen LogP contribution in [0.4, 0.5) is 0 Å². The lowest BCUT2D eigenvalue weighted by Crippen LogP contribution is -2.38. The third-order valence-electron chi connectivity index (χ3n) is 2.90. The van der Waals surface area contributed by atoms with Crippen LogP contribution in [0.1, 0.15) is 22.8 Å².